The Labute approximate surface area is 96.9 Å². The molecule has 9 nitrogen and oxygen atoms in total. The first-order valence-electron chi connectivity index (χ1n) is 4.77. The summed E-state index contributed by atoms with van der Waals surface area (Å²) < 4.78 is 0. The summed E-state index contributed by atoms with van der Waals surface area (Å²) in [6, 6.07) is 0. The van der Waals surface area contributed by atoms with Gasteiger partial charge in [-0.05, 0) is 0 Å². The fraction of sp³-hybridized carbons (Fsp3) is 0.875. The minimum absolute atomic E-state index is 0.661. The fourth-order valence-corrected chi connectivity index (χ4v) is 1.01. The van der Waals surface area contributed by atoms with Crippen LogP contribution in [0.25, 0.3) is 0 Å². The Morgan fingerprint density at radius 3 is 2.06 bits per heavy atom. The number of ketones is 1. The number of rotatable bonds is 7. The highest BCUT2D eigenvalue weighted by atomic mass is 16.4. The number of hydrogen-bond donors (Lipinski definition) is 8. The Morgan fingerprint density at radius 1 is 1.24 bits per heavy atom. The van der Waals surface area contributed by atoms with Crippen molar-refractivity contribution in [1.82, 2.24) is 0 Å². The predicted molar refractivity (Wildman–Crippen MR) is 54.3 cm³/mol. The van der Waals surface area contributed by atoms with E-state index in [1.54, 1.807) is 0 Å². The molecule has 0 aromatic heterocycles. The second kappa shape index (κ2) is 6.33. The monoisotopic (exact) mass is 254 g/mol. The summed E-state index contributed by atoms with van der Waals surface area (Å²) in [4.78, 5) is 11.4. The molecule has 0 aliphatic heterocycles. The fourth-order valence-electron chi connectivity index (χ4n) is 1.01. The van der Waals surface area contributed by atoms with Crippen molar-refractivity contribution in [3.05, 3.63) is 0 Å². The van der Waals surface area contributed by atoms with Crippen LogP contribution in [0.2, 0.25) is 0 Å². The molecule has 0 aromatic carbocycles. The maximum absolute atomic E-state index is 11.4. The molecule has 10 N–H and O–H groups in total. The van der Waals surface area contributed by atoms with Crippen molar-refractivity contribution in [3.8, 4) is 0 Å². The summed E-state index contributed by atoms with van der Waals surface area (Å²) in [5, 5.41) is 54.5. The van der Waals surface area contributed by atoms with Gasteiger partial charge in [-0.3, -0.25) is 4.79 Å². The Kier molecular flexibility index (Phi) is 6.09. The Morgan fingerprint density at radius 2 is 1.71 bits per heavy atom. The van der Waals surface area contributed by atoms with Crippen LogP contribution in [0, 0.1) is 0 Å². The molecule has 0 aromatic rings. The van der Waals surface area contributed by atoms with Gasteiger partial charge in [0.15, 0.2) is 17.6 Å². The molecule has 0 radical (unpaired) electrons. The number of nitrogens with two attached hydrogens (primary N) is 2. The van der Waals surface area contributed by atoms with Crippen molar-refractivity contribution >= 4 is 5.78 Å². The van der Waals surface area contributed by atoms with Crippen molar-refractivity contribution in [3.63, 3.8) is 0 Å². The van der Waals surface area contributed by atoms with Gasteiger partial charge < -0.3 is 42.1 Å². The van der Waals surface area contributed by atoms with Crippen LogP contribution in [0.5, 0.6) is 0 Å². The normalized spacial score (nSPS) is 22.4. The summed E-state index contributed by atoms with van der Waals surface area (Å²) in [7, 11) is 0. The molecule has 0 heterocycles. The lowest BCUT2D eigenvalue weighted by Crippen LogP contribution is -2.62. The smallest absolute Gasteiger partial charge is 0.196 e. The molecular formula is C8H18N2O7. The molecule has 0 aliphatic rings. The Balaban J connectivity index is 4.71. The van der Waals surface area contributed by atoms with Gasteiger partial charge in [-0.15, -0.1) is 0 Å². The van der Waals surface area contributed by atoms with Crippen molar-refractivity contribution in [1.29, 1.82) is 0 Å². The summed E-state index contributed by atoms with van der Waals surface area (Å²) in [5.41, 5.74) is 7.59. The summed E-state index contributed by atoms with van der Waals surface area (Å²) >= 11 is 0. The third kappa shape index (κ3) is 3.94. The van der Waals surface area contributed by atoms with Gasteiger partial charge in [-0.25, -0.2) is 0 Å². The van der Waals surface area contributed by atoms with Crippen molar-refractivity contribution in [2.24, 2.45) is 11.5 Å². The first-order valence-corrected chi connectivity index (χ1v) is 4.77. The first-order chi connectivity index (χ1) is 7.68. The SMILES string of the molecule is NCC(N)(O)C(O)C(=O)C(O)C(O)C(O)CO. The standard InChI is InChI=1S/C8H18N2O7/c9-2-8(10,17)7(16)6(15)5(14)4(13)3(12)1-11/h3-5,7,11-14,16-17H,1-2,9-10H2. The maximum Gasteiger partial charge on any atom is 0.196 e. The number of aliphatic hydroxyl groups is 6. The van der Waals surface area contributed by atoms with Gasteiger partial charge in [0.1, 0.15) is 18.3 Å². The average Bonchev–Trinajstić information content (AvgIpc) is 2.33. The van der Waals surface area contributed by atoms with Crippen LogP contribution in [-0.2, 0) is 4.79 Å². The molecule has 5 unspecified atom stereocenters. The number of Topliss-reactive ketones (excluding diaryl/α,β-unsaturated/α-hetero) is 1. The zero-order valence-electron chi connectivity index (χ0n) is 8.97. The van der Waals surface area contributed by atoms with E-state index in [0.29, 0.717) is 0 Å². The second-order valence-corrected chi connectivity index (χ2v) is 3.69. The number of hydrogen-bond acceptors (Lipinski definition) is 9. The summed E-state index contributed by atoms with van der Waals surface area (Å²) in [6.45, 7) is -1.56. The van der Waals surface area contributed by atoms with E-state index in [4.69, 9.17) is 21.7 Å². The molecule has 0 rings (SSSR count). The van der Waals surface area contributed by atoms with E-state index in [2.05, 4.69) is 0 Å². The maximum atomic E-state index is 11.4. The van der Waals surface area contributed by atoms with Crippen LogP contribution in [0.4, 0.5) is 0 Å². The zero-order chi connectivity index (χ0) is 13.8. The zero-order valence-corrected chi connectivity index (χ0v) is 8.97. The predicted octanol–water partition coefficient (Wildman–Crippen LogP) is -5.40. The van der Waals surface area contributed by atoms with Crippen LogP contribution in [0.3, 0.4) is 0 Å². The van der Waals surface area contributed by atoms with Gasteiger partial charge in [0, 0.05) is 6.54 Å². The lowest BCUT2D eigenvalue weighted by atomic mass is 9.95. The Bertz CT molecular complexity index is 260. The molecule has 0 saturated carbocycles. The summed E-state index contributed by atoms with van der Waals surface area (Å²) in [5.74, 6) is -1.42. The van der Waals surface area contributed by atoms with Gasteiger partial charge in [0.05, 0.1) is 6.61 Å². The average molecular weight is 254 g/mol. The summed E-state index contributed by atoms with van der Waals surface area (Å²) in [6.07, 6.45) is -8.24. The highest BCUT2D eigenvalue weighted by Gasteiger charge is 2.41. The van der Waals surface area contributed by atoms with E-state index >= 15 is 0 Å². The molecule has 0 amide bonds. The van der Waals surface area contributed by atoms with Gasteiger partial charge >= 0.3 is 0 Å². The number of carbonyl (C=O) groups excluding carboxylic acids is 1. The van der Waals surface area contributed by atoms with E-state index in [-0.39, 0.29) is 0 Å². The van der Waals surface area contributed by atoms with Gasteiger partial charge in [-0.2, -0.15) is 0 Å². The second-order valence-electron chi connectivity index (χ2n) is 3.69. The molecule has 0 bridgehead atoms. The van der Waals surface area contributed by atoms with Crippen LogP contribution < -0.4 is 11.5 Å². The van der Waals surface area contributed by atoms with Crippen LogP contribution in [0.1, 0.15) is 0 Å². The molecule has 0 aliphatic carbocycles. The molecule has 5 atom stereocenters. The molecule has 17 heavy (non-hydrogen) atoms. The minimum Gasteiger partial charge on any atom is -0.394 e. The minimum atomic E-state index is -2.46. The molecule has 102 valence electrons. The lowest BCUT2D eigenvalue weighted by Gasteiger charge is -2.29. The third-order valence-electron chi connectivity index (χ3n) is 2.27. The molecule has 9 heteroatoms. The number of aliphatic hydroxyl groups excluding tert-OH is 5. The van der Waals surface area contributed by atoms with E-state index in [1.807, 2.05) is 0 Å². The van der Waals surface area contributed by atoms with Crippen LogP contribution >= 0.6 is 0 Å². The van der Waals surface area contributed by atoms with E-state index in [1.165, 1.54) is 0 Å². The topological polar surface area (TPSA) is 190 Å². The van der Waals surface area contributed by atoms with E-state index in [9.17, 15) is 25.2 Å². The molecular weight excluding hydrogens is 236 g/mol. The lowest BCUT2D eigenvalue weighted by molar-refractivity contribution is -0.161. The number of carbonyl (C=O) groups is 1. The highest BCUT2D eigenvalue weighted by Crippen LogP contribution is 2.09. The van der Waals surface area contributed by atoms with Gasteiger partial charge in [0.2, 0.25) is 0 Å². The van der Waals surface area contributed by atoms with Gasteiger partial charge in [-0.1, -0.05) is 0 Å². The van der Waals surface area contributed by atoms with E-state index < -0.39 is 49.1 Å². The molecule has 0 spiro atoms. The Hall–Kier alpha value is -0.650. The highest BCUT2D eigenvalue weighted by molar-refractivity contribution is 5.88. The van der Waals surface area contributed by atoms with Crippen molar-refractivity contribution in [2.45, 2.75) is 30.1 Å². The van der Waals surface area contributed by atoms with Crippen molar-refractivity contribution < 1.29 is 35.4 Å². The van der Waals surface area contributed by atoms with Crippen molar-refractivity contribution in [2.75, 3.05) is 13.2 Å². The first kappa shape index (κ1) is 16.4. The largest absolute Gasteiger partial charge is 0.394 e. The molecule has 0 saturated heterocycles. The quantitative estimate of drug-likeness (QED) is 0.205. The van der Waals surface area contributed by atoms with E-state index in [0.717, 1.165) is 0 Å². The van der Waals surface area contributed by atoms with Gasteiger partial charge in [0.25, 0.3) is 0 Å². The van der Waals surface area contributed by atoms with Crippen LogP contribution in [-0.4, -0.2) is 79.7 Å². The van der Waals surface area contributed by atoms with Crippen LogP contribution in [0.15, 0.2) is 0 Å². The molecule has 0 fully saturated rings. The third-order valence-corrected chi connectivity index (χ3v) is 2.27.